The summed E-state index contributed by atoms with van der Waals surface area (Å²) in [6, 6.07) is 16.0. The van der Waals surface area contributed by atoms with E-state index in [0.717, 1.165) is 11.3 Å². The molecule has 1 saturated heterocycles. The van der Waals surface area contributed by atoms with Crippen molar-refractivity contribution in [3.05, 3.63) is 65.2 Å². The van der Waals surface area contributed by atoms with Crippen molar-refractivity contribution in [2.24, 2.45) is 5.73 Å². The molecule has 4 nitrogen and oxygen atoms in total. The molecular formula is C20H24N2O2. The fourth-order valence-corrected chi connectivity index (χ4v) is 3.13. The largest absolute Gasteiger partial charge is 0.484 e. The highest BCUT2D eigenvalue weighted by Crippen LogP contribution is 2.26. The number of likely N-dealkylation sites (tertiary alicyclic amines) is 1. The number of rotatable bonds is 4. The van der Waals surface area contributed by atoms with Crippen LogP contribution in [0.4, 0.5) is 0 Å². The van der Waals surface area contributed by atoms with Gasteiger partial charge in [0.05, 0.1) is 0 Å². The molecule has 2 N–H and O–H groups in total. The van der Waals surface area contributed by atoms with Crippen molar-refractivity contribution in [2.75, 3.05) is 19.7 Å². The Morgan fingerprint density at radius 1 is 1.12 bits per heavy atom. The lowest BCUT2D eigenvalue weighted by atomic mass is 9.95. The standard InChI is InChI=1S/C20H24N2O2/c1-14-8-9-17(10-15(14)2)24-13-20(23)22-11-18(19(21)12-22)16-6-4-3-5-7-16/h3-10,18-19H,11-13,21H2,1-2H3/t18-,19+/m0/s1. The van der Waals surface area contributed by atoms with Crippen molar-refractivity contribution in [3.63, 3.8) is 0 Å². The number of aryl methyl sites for hydroxylation is 2. The first-order valence-corrected chi connectivity index (χ1v) is 8.33. The van der Waals surface area contributed by atoms with E-state index < -0.39 is 0 Å². The van der Waals surface area contributed by atoms with Crippen LogP contribution >= 0.6 is 0 Å². The molecule has 1 amide bonds. The Labute approximate surface area is 143 Å². The summed E-state index contributed by atoms with van der Waals surface area (Å²) >= 11 is 0. The van der Waals surface area contributed by atoms with Crippen molar-refractivity contribution >= 4 is 5.91 Å². The van der Waals surface area contributed by atoms with Gasteiger partial charge in [-0.2, -0.15) is 0 Å². The average Bonchev–Trinajstić information content (AvgIpc) is 2.98. The first-order chi connectivity index (χ1) is 11.5. The molecule has 0 radical (unpaired) electrons. The van der Waals surface area contributed by atoms with Gasteiger partial charge in [-0.25, -0.2) is 0 Å². The summed E-state index contributed by atoms with van der Waals surface area (Å²) in [5.74, 6) is 0.911. The highest BCUT2D eigenvalue weighted by atomic mass is 16.5. The van der Waals surface area contributed by atoms with Gasteiger partial charge in [0, 0.05) is 25.0 Å². The van der Waals surface area contributed by atoms with Crippen molar-refractivity contribution in [2.45, 2.75) is 25.8 Å². The van der Waals surface area contributed by atoms with Crippen LogP contribution in [0.25, 0.3) is 0 Å². The summed E-state index contributed by atoms with van der Waals surface area (Å²) < 4.78 is 5.66. The summed E-state index contributed by atoms with van der Waals surface area (Å²) in [5.41, 5.74) is 9.81. The van der Waals surface area contributed by atoms with Gasteiger partial charge in [-0.05, 0) is 42.7 Å². The Bertz CT molecular complexity index is 715. The van der Waals surface area contributed by atoms with Crippen LogP contribution in [-0.4, -0.2) is 36.5 Å². The molecule has 3 rings (SSSR count). The third-order valence-electron chi connectivity index (χ3n) is 4.79. The van der Waals surface area contributed by atoms with Crippen LogP contribution in [0, 0.1) is 13.8 Å². The Morgan fingerprint density at radius 2 is 1.88 bits per heavy atom. The number of carbonyl (C=O) groups is 1. The predicted octanol–water partition coefficient (Wildman–Crippen LogP) is 2.64. The SMILES string of the molecule is Cc1ccc(OCC(=O)N2C[C@@H](N)[C@H](c3ccccc3)C2)cc1C. The number of nitrogens with two attached hydrogens (primary N) is 1. The third kappa shape index (κ3) is 3.60. The van der Waals surface area contributed by atoms with E-state index in [9.17, 15) is 4.79 Å². The summed E-state index contributed by atoms with van der Waals surface area (Å²) in [7, 11) is 0. The Hall–Kier alpha value is -2.33. The molecular weight excluding hydrogens is 300 g/mol. The van der Waals surface area contributed by atoms with Crippen molar-refractivity contribution in [1.82, 2.24) is 4.90 Å². The number of benzene rings is 2. The van der Waals surface area contributed by atoms with E-state index in [2.05, 4.69) is 19.1 Å². The van der Waals surface area contributed by atoms with E-state index in [1.54, 1.807) is 0 Å². The summed E-state index contributed by atoms with van der Waals surface area (Å²) in [6.45, 7) is 5.37. The summed E-state index contributed by atoms with van der Waals surface area (Å²) in [5, 5.41) is 0. The van der Waals surface area contributed by atoms with Crippen molar-refractivity contribution in [1.29, 1.82) is 0 Å². The van der Waals surface area contributed by atoms with Gasteiger partial charge in [-0.1, -0.05) is 36.4 Å². The molecule has 4 heteroatoms. The average molecular weight is 324 g/mol. The van der Waals surface area contributed by atoms with Gasteiger partial charge in [0.2, 0.25) is 0 Å². The number of hydrogen-bond donors (Lipinski definition) is 1. The second-order valence-corrected chi connectivity index (χ2v) is 6.51. The normalized spacial score (nSPS) is 20.2. The van der Waals surface area contributed by atoms with Gasteiger partial charge in [0.25, 0.3) is 5.91 Å². The summed E-state index contributed by atoms with van der Waals surface area (Å²) in [6.07, 6.45) is 0. The van der Waals surface area contributed by atoms with Crippen LogP contribution < -0.4 is 10.5 Å². The molecule has 126 valence electrons. The second-order valence-electron chi connectivity index (χ2n) is 6.51. The molecule has 0 bridgehead atoms. The first kappa shape index (κ1) is 16.5. The topological polar surface area (TPSA) is 55.6 Å². The molecule has 24 heavy (non-hydrogen) atoms. The second kappa shape index (κ2) is 7.05. The molecule has 0 aromatic heterocycles. The molecule has 0 saturated carbocycles. The predicted molar refractivity (Wildman–Crippen MR) is 95.1 cm³/mol. The fraction of sp³-hybridized carbons (Fsp3) is 0.350. The molecule has 1 fully saturated rings. The summed E-state index contributed by atoms with van der Waals surface area (Å²) in [4.78, 5) is 14.2. The lowest BCUT2D eigenvalue weighted by Gasteiger charge is -2.17. The Balaban J connectivity index is 1.59. The van der Waals surface area contributed by atoms with Gasteiger partial charge in [0.1, 0.15) is 5.75 Å². The molecule has 0 unspecified atom stereocenters. The minimum absolute atomic E-state index is 0.0119. The van der Waals surface area contributed by atoms with Gasteiger partial charge >= 0.3 is 0 Å². The number of nitrogens with zero attached hydrogens (tertiary/aromatic N) is 1. The smallest absolute Gasteiger partial charge is 0.260 e. The Kier molecular flexibility index (Phi) is 4.86. The van der Waals surface area contributed by atoms with E-state index in [-0.39, 0.29) is 24.5 Å². The molecule has 1 heterocycles. The quantitative estimate of drug-likeness (QED) is 0.940. The van der Waals surface area contributed by atoms with Crippen LogP contribution in [-0.2, 0) is 4.79 Å². The van der Waals surface area contributed by atoms with Crippen LogP contribution in [0.15, 0.2) is 48.5 Å². The number of ether oxygens (including phenoxy) is 1. The van der Waals surface area contributed by atoms with Crippen LogP contribution in [0.2, 0.25) is 0 Å². The first-order valence-electron chi connectivity index (χ1n) is 8.33. The maximum Gasteiger partial charge on any atom is 0.260 e. The maximum atomic E-state index is 12.4. The third-order valence-corrected chi connectivity index (χ3v) is 4.79. The van der Waals surface area contributed by atoms with Gasteiger partial charge in [0.15, 0.2) is 6.61 Å². The van der Waals surface area contributed by atoms with Crippen molar-refractivity contribution < 1.29 is 9.53 Å². The van der Waals surface area contributed by atoms with E-state index in [1.165, 1.54) is 11.1 Å². The lowest BCUT2D eigenvalue weighted by Crippen LogP contribution is -2.35. The van der Waals surface area contributed by atoms with E-state index in [4.69, 9.17) is 10.5 Å². The fourth-order valence-electron chi connectivity index (χ4n) is 3.13. The van der Waals surface area contributed by atoms with Gasteiger partial charge in [-0.3, -0.25) is 4.79 Å². The molecule has 2 atom stereocenters. The monoisotopic (exact) mass is 324 g/mol. The Morgan fingerprint density at radius 3 is 2.58 bits per heavy atom. The van der Waals surface area contributed by atoms with Gasteiger partial charge in [-0.15, -0.1) is 0 Å². The highest BCUT2D eigenvalue weighted by molar-refractivity contribution is 5.78. The molecule has 2 aromatic rings. The van der Waals surface area contributed by atoms with Crippen molar-refractivity contribution in [3.8, 4) is 5.75 Å². The number of hydrogen-bond acceptors (Lipinski definition) is 3. The van der Waals surface area contributed by atoms with E-state index >= 15 is 0 Å². The van der Waals surface area contributed by atoms with Crippen LogP contribution in [0.1, 0.15) is 22.6 Å². The van der Waals surface area contributed by atoms with E-state index in [0.29, 0.717) is 13.1 Å². The number of amides is 1. The molecule has 2 aromatic carbocycles. The van der Waals surface area contributed by atoms with Crippen LogP contribution in [0.3, 0.4) is 0 Å². The zero-order valence-corrected chi connectivity index (χ0v) is 14.2. The molecule has 0 aliphatic carbocycles. The van der Waals surface area contributed by atoms with Crippen LogP contribution in [0.5, 0.6) is 5.75 Å². The number of carbonyl (C=O) groups excluding carboxylic acids is 1. The maximum absolute atomic E-state index is 12.4. The zero-order valence-electron chi connectivity index (χ0n) is 14.2. The highest BCUT2D eigenvalue weighted by Gasteiger charge is 2.33. The van der Waals surface area contributed by atoms with E-state index in [1.807, 2.05) is 48.2 Å². The van der Waals surface area contributed by atoms with Gasteiger partial charge < -0.3 is 15.4 Å². The lowest BCUT2D eigenvalue weighted by molar-refractivity contribution is -0.132. The molecule has 0 spiro atoms. The zero-order chi connectivity index (χ0) is 17.1. The molecule has 1 aliphatic rings. The minimum atomic E-state index is -0.0297. The molecule has 1 aliphatic heterocycles. The minimum Gasteiger partial charge on any atom is -0.484 e.